The summed E-state index contributed by atoms with van der Waals surface area (Å²) in [6.45, 7) is 4.40. The first-order valence-electron chi connectivity index (χ1n) is 11.3. The Morgan fingerprint density at radius 3 is 2.27 bits per heavy atom. The average molecular weight is 474 g/mol. The second kappa shape index (κ2) is 10.5. The molecule has 33 heavy (non-hydrogen) atoms. The number of hydrogen-bond acceptors (Lipinski definition) is 6. The Kier molecular flexibility index (Phi) is 7.52. The monoisotopic (exact) mass is 473 g/mol. The van der Waals surface area contributed by atoms with Crippen LogP contribution in [-0.2, 0) is 14.8 Å². The van der Waals surface area contributed by atoms with Crippen LogP contribution in [-0.4, -0.2) is 87.5 Å². The van der Waals surface area contributed by atoms with Crippen molar-refractivity contribution in [3.63, 3.8) is 0 Å². The fraction of sp³-hybridized carbons (Fsp3) is 0.458. The molecule has 9 heteroatoms. The molecule has 1 unspecified atom stereocenters. The van der Waals surface area contributed by atoms with Crippen LogP contribution in [0.25, 0.3) is 0 Å². The maximum absolute atomic E-state index is 13.2. The van der Waals surface area contributed by atoms with Gasteiger partial charge in [-0.15, -0.1) is 0 Å². The summed E-state index contributed by atoms with van der Waals surface area (Å²) in [5.74, 6) is 1.51. The van der Waals surface area contributed by atoms with E-state index in [1.807, 2.05) is 29.2 Å². The van der Waals surface area contributed by atoms with E-state index in [9.17, 15) is 13.2 Å². The highest BCUT2D eigenvalue weighted by Gasteiger charge is 2.41. The van der Waals surface area contributed by atoms with Crippen molar-refractivity contribution in [2.45, 2.75) is 23.8 Å². The third-order valence-electron chi connectivity index (χ3n) is 6.26. The van der Waals surface area contributed by atoms with Crippen LogP contribution in [0.5, 0.6) is 11.5 Å². The molecule has 2 aromatic rings. The highest BCUT2D eigenvalue weighted by Crippen LogP contribution is 2.27. The average Bonchev–Trinajstić information content (AvgIpc) is 3.36. The van der Waals surface area contributed by atoms with Crippen LogP contribution in [0.2, 0.25) is 0 Å². The number of sulfonamides is 1. The zero-order chi connectivity index (χ0) is 23.3. The first-order valence-corrected chi connectivity index (χ1v) is 12.8. The van der Waals surface area contributed by atoms with E-state index in [0.29, 0.717) is 39.1 Å². The van der Waals surface area contributed by atoms with Crippen molar-refractivity contribution in [2.75, 3.05) is 53.0 Å². The standard InChI is InChI=1S/C24H31N3O5S/c1-31-20-9-11-21(12-10-20)32-19-18-25-14-16-26(17-15-25)24(28)23-8-5-13-27(23)33(29,30)22-6-3-2-4-7-22/h2-4,6-7,9-12,23H,5,8,13-19H2,1H3. The van der Waals surface area contributed by atoms with E-state index in [0.717, 1.165) is 31.1 Å². The predicted octanol–water partition coefficient (Wildman–Crippen LogP) is 2.07. The minimum Gasteiger partial charge on any atom is -0.497 e. The number of carbonyl (C=O) groups is 1. The third-order valence-corrected chi connectivity index (χ3v) is 8.18. The van der Waals surface area contributed by atoms with Crippen molar-refractivity contribution in [1.82, 2.24) is 14.1 Å². The molecule has 2 saturated heterocycles. The van der Waals surface area contributed by atoms with Gasteiger partial charge in [-0.1, -0.05) is 18.2 Å². The SMILES string of the molecule is COc1ccc(OCCN2CCN(C(=O)C3CCCN3S(=O)(=O)c3ccccc3)CC2)cc1. The Hall–Kier alpha value is -2.62. The number of nitrogens with zero attached hydrogens (tertiary/aromatic N) is 3. The van der Waals surface area contributed by atoms with E-state index in [1.165, 1.54) is 4.31 Å². The number of rotatable bonds is 8. The molecule has 0 saturated carbocycles. The maximum atomic E-state index is 13.2. The van der Waals surface area contributed by atoms with Gasteiger partial charge in [-0.25, -0.2) is 8.42 Å². The molecule has 0 aromatic heterocycles. The summed E-state index contributed by atoms with van der Waals surface area (Å²) in [5.41, 5.74) is 0. The molecule has 4 rings (SSSR count). The van der Waals surface area contributed by atoms with Gasteiger partial charge in [0.1, 0.15) is 24.1 Å². The van der Waals surface area contributed by atoms with E-state index in [4.69, 9.17) is 9.47 Å². The van der Waals surface area contributed by atoms with Gasteiger partial charge >= 0.3 is 0 Å². The molecule has 2 aliphatic heterocycles. The summed E-state index contributed by atoms with van der Waals surface area (Å²) >= 11 is 0. The van der Waals surface area contributed by atoms with E-state index < -0.39 is 16.1 Å². The minimum absolute atomic E-state index is 0.0823. The Bertz CT molecular complexity index is 1020. The van der Waals surface area contributed by atoms with Gasteiger partial charge in [0.2, 0.25) is 15.9 Å². The van der Waals surface area contributed by atoms with Crippen LogP contribution in [0, 0.1) is 0 Å². The van der Waals surface area contributed by atoms with E-state index >= 15 is 0 Å². The van der Waals surface area contributed by atoms with Gasteiger partial charge in [-0.3, -0.25) is 9.69 Å². The fourth-order valence-corrected chi connectivity index (χ4v) is 6.04. The lowest BCUT2D eigenvalue weighted by Crippen LogP contribution is -2.54. The van der Waals surface area contributed by atoms with Crippen LogP contribution < -0.4 is 9.47 Å². The number of hydrogen-bond donors (Lipinski definition) is 0. The number of benzene rings is 2. The van der Waals surface area contributed by atoms with Crippen molar-refractivity contribution in [3.05, 3.63) is 54.6 Å². The normalized spacial score (nSPS) is 20.0. The van der Waals surface area contributed by atoms with E-state index in [-0.39, 0.29) is 10.8 Å². The Morgan fingerprint density at radius 2 is 1.61 bits per heavy atom. The van der Waals surface area contributed by atoms with Crippen LogP contribution >= 0.6 is 0 Å². The van der Waals surface area contributed by atoms with Crippen LogP contribution in [0.4, 0.5) is 0 Å². The molecule has 2 fully saturated rings. The quantitative estimate of drug-likeness (QED) is 0.584. The topological polar surface area (TPSA) is 79.4 Å². The predicted molar refractivity (Wildman–Crippen MR) is 125 cm³/mol. The first kappa shape index (κ1) is 23.5. The van der Waals surface area contributed by atoms with Crippen molar-refractivity contribution in [2.24, 2.45) is 0 Å². The number of methoxy groups -OCH3 is 1. The minimum atomic E-state index is -3.67. The van der Waals surface area contributed by atoms with Gasteiger partial charge in [0.15, 0.2) is 0 Å². The number of amides is 1. The Labute approximate surface area is 195 Å². The number of piperazine rings is 1. The molecule has 0 spiro atoms. The molecule has 0 N–H and O–H groups in total. The first-order chi connectivity index (χ1) is 16.0. The van der Waals surface area contributed by atoms with Crippen LogP contribution in [0.3, 0.4) is 0 Å². The second-order valence-corrected chi connectivity index (χ2v) is 10.2. The van der Waals surface area contributed by atoms with Gasteiger partial charge < -0.3 is 14.4 Å². The summed E-state index contributed by atoms with van der Waals surface area (Å²) in [5, 5.41) is 0. The molecule has 1 atom stereocenters. The number of carbonyl (C=O) groups excluding carboxylic acids is 1. The zero-order valence-electron chi connectivity index (χ0n) is 18.9. The van der Waals surface area contributed by atoms with Crippen molar-refractivity contribution >= 4 is 15.9 Å². The van der Waals surface area contributed by atoms with E-state index in [2.05, 4.69) is 4.90 Å². The lowest BCUT2D eigenvalue weighted by atomic mass is 10.2. The summed E-state index contributed by atoms with van der Waals surface area (Å²) < 4.78 is 38.5. The highest BCUT2D eigenvalue weighted by molar-refractivity contribution is 7.89. The lowest BCUT2D eigenvalue weighted by molar-refractivity contribution is -0.136. The summed E-state index contributed by atoms with van der Waals surface area (Å²) in [4.78, 5) is 17.5. The highest BCUT2D eigenvalue weighted by atomic mass is 32.2. The van der Waals surface area contributed by atoms with Gasteiger partial charge in [-0.05, 0) is 49.2 Å². The van der Waals surface area contributed by atoms with Crippen LogP contribution in [0.1, 0.15) is 12.8 Å². The van der Waals surface area contributed by atoms with Crippen molar-refractivity contribution in [3.8, 4) is 11.5 Å². The fourth-order valence-electron chi connectivity index (χ4n) is 4.37. The summed E-state index contributed by atoms with van der Waals surface area (Å²) in [7, 11) is -2.04. The molecule has 2 aromatic carbocycles. The second-order valence-electron chi connectivity index (χ2n) is 8.28. The summed E-state index contributed by atoms with van der Waals surface area (Å²) in [6, 6.07) is 15.2. The van der Waals surface area contributed by atoms with Crippen molar-refractivity contribution < 1.29 is 22.7 Å². The molecule has 2 aliphatic rings. The van der Waals surface area contributed by atoms with Gasteiger partial charge in [0, 0.05) is 39.3 Å². The molecular weight excluding hydrogens is 442 g/mol. The van der Waals surface area contributed by atoms with Gasteiger partial charge in [0.25, 0.3) is 0 Å². The molecule has 2 heterocycles. The Balaban J connectivity index is 1.27. The molecule has 1 amide bonds. The third kappa shape index (κ3) is 5.48. The lowest BCUT2D eigenvalue weighted by Gasteiger charge is -2.37. The molecule has 8 nitrogen and oxygen atoms in total. The van der Waals surface area contributed by atoms with Crippen molar-refractivity contribution in [1.29, 1.82) is 0 Å². The maximum Gasteiger partial charge on any atom is 0.243 e. The molecule has 0 radical (unpaired) electrons. The van der Waals surface area contributed by atoms with Crippen LogP contribution in [0.15, 0.2) is 59.5 Å². The Morgan fingerprint density at radius 1 is 0.939 bits per heavy atom. The molecule has 0 bridgehead atoms. The molecule has 178 valence electrons. The largest absolute Gasteiger partial charge is 0.497 e. The molecular formula is C24H31N3O5S. The van der Waals surface area contributed by atoms with Gasteiger partial charge in [0.05, 0.1) is 12.0 Å². The summed E-state index contributed by atoms with van der Waals surface area (Å²) in [6.07, 6.45) is 1.27. The van der Waals surface area contributed by atoms with Gasteiger partial charge in [-0.2, -0.15) is 4.31 Å². The smallest absolute Gasteiger partial charge is 0.243 e. The zero-order valence-corrected chi connectivity index (χ0v) is 19.7. The number of ether oxygens (including phenoxy) is 2. The van der Waals surface area contributed by atoms with E-state index in [1.54, 1.807) is 37.4 Å². The molecule has 0 aliphatic carbocycles.